The number of esters is 1. The molecule has 0 aliphatic carbocycles. The largest absolute Gasteiger partial charge is 0.493 e. The van der Waals surface area contributed by atoms with Crippen LogP contribution in [0.2, 0.25) is 0 Å². The first kappa shape index (κ1) is 15.6. The molecule has 1 saturated heterocycles. The van der Waals surface area contributed by atoms with Crippen LogP contribution in [-0.4, -0.2) is 44.2 Å². The summed E-state index contributed by atoms with van der Waals surface area (Å²) >= 11 is 0. The third kappa shape index (κ3) is 4.11. The van der Waals surface area contributed by atoms with Gasteiger partial charge in [-0.3, -0.25) is 0 Å². The van der Waals surface area contributed by atoms with Crippen molar-refractivity contribution < 1.29 is 14.3 Å². The second kappa shape index (κ2) is 7.31. The lowest BCUT2D eigenvalue weighted by Gasteiger charge is -2.32. The zero-order valence-electron chi connectivity index (χ0n) is 12.8. The molecule has 1 aromatic rings. The average molecular weight is 292 g/mol. The van der Waals surface area contributed by atoms with E-state index < -0.39 is 5.97 Å². The minimum Gasteiger partial charge on any atom is -0.493 e. The van der Waals surface area contributed by atoms with E-state index in [-0.39, 0.29) is 0 Å². The number of methoxy groups -OCH3 is 1. The number of carbonyl (C=O) groups excluding carboxylic acids is 1. The summed E-state index contributed by atoms with van der Waals surface area (Å²) in [6.07, 6.45) is 4.73. The molecule has 1 heterocycles. The Morgan fingerprint density at radius 3 is 2.95 bits per heavy atom. The van der Waals surface area contributed by atoms with Gasteiger partial charge in [0.05, 0.1) is 13.7 Å². The number of carbonyl (C=O) groups is 1. The maximum Gasteiger partial charge on any atom is 0.341 e. The lowest BCUT2D eigenvalue weighted by atomic mass is 10.0. The number of anilines is 1. The maximum absolute atomic E-state index is 11.7. The number of ether oxygens (including phenoxy) is 2. The highest BCUT2D eigenvalue weighted by atomic mass is 16.5. The van der Waals surface area contributed by atoms with Gasteiger partial charge in [-0.1, -0.05) is 6.42 Å². The van der Waals surface area contributed by atoms with Crippen LogP contribution in [-0.2, 0) is 4.74 Å². The minimum atomic E-state index is -0.424. The van der Waals surface area contributed by atoms with Gasteiger partial charge in [0.2, 0.25) is 0 Å². The van der Waals surface area contributed by atoms with Crippen LogP contribution in [0.1, 0.15) is 36.0 Å². The van der Waals surface area contributed by atoms with Crippen molar-refractivity contribution in [1.82, 2.24) is 4.90 Å². The fraction of sp³-hybridized carbons (Fsp3) is 0.562. The normalized spacial score (nSPS) is 19.2. The third-order valence-corrected chi connectivity index (χ3v) is 4.04. The molecule has 2 rings (SSSR count). The Morgan fingerprint density at radius 2 is 2.24 bits per heavy atom. The molecule has 1 aliphatic rings. The quantitative estimate of drug-likeness (QED) is 0.666. The Labute approximate surface area is 126 Å². The van der Waals surface area contributed by atoms with Crippen LogP contribution in [0.5, 0.6) is 5.75 Å². The Bertz CT molecular complexity index is 490. The zero-order valence-corrected chi connectivity index (χ0v) is 12.8. The van der Waals surface area contributed by atoms with Crippen molar-refractivity contribution in [2.45, 2.75) is 31.7 Å². The van der Waals surface area contributed by atoms with Crippen molar-refractivity contribution in [1.29, 1.82) is 0 Å². The topological polar surface area (TPSA) is 64.8 Å². The monoisotopic (exact) mass is 292 g/mol. The summed E-state index contributed by atoms with van der Waals surface area (Å²) in [5.74, 6) is 0.113. The van der Waals surface area contributed by atoms with Gasteiger partial charge < -0.3 is 20.1 Å². The summed E-state index contributed by atoms with van der Waals surface area (Å²) < 4.78 is 10.5. The maximum atomic E-state index is 11.7. The van der Waals surface area contributed by atoms with E-state index in [2.05, 4.69) is 11.9 Å². The lowest BCUT2D eigenvalue weighted by molar-refractivity contribution is 0.0595. The van der Waals surface area contributed by atoms with E-state index in [1.165, 1.54) is 26.4 Å². The summed E-state index contributed by atoms with van der Waals surface area (Å²) in [7, 11) is 3.51. The van der Waals surface area contributed by atoms with Crippen LogP contribution in [0.15, 0.2) is 18.2 Å². The highest BCUT2D eigenvalue weighted by Crippen LogP contribution is 2.23. The summed E-state index contributed by atoms with van der Waals surface area (Å²) in [6, 6.07) is 5.61. The number of nitrogen functional groups attached to an aromatic ring is 1. The number of hydrogen-bond acceptors (Lipinski definition) is 5. The third-order valence-electron chi connectivity index (χ3n) is 4.04. The van der Waals surface area contributed by atoms with Gasteiger partial charge in [0, 0.05) is 11.7 Å². The predicted octanol–water partition coefficient (Wildman–Crippen LogP) is 2.31. The smallest absolute Gasteiger partial charge is 0.341 e. The highest BCUT2D eigenvalue weighted by Gasteiger charge is 2.19. The number of nitrogens with zero attached hydrogens (tertiary/aromatic N) is 1. The van der Waals surface area contributed by atoms with E-state index in [4.69, 9.17) is 15.2 Å². The number of nitrogens with two attached hydrogens (primary N) is 1. The molecule has 5 heteroatoms. The summed E-state index contributed by atoms with van der Waals surface area (Å²) in [6.45, 7) is 1.74. The van der Waals surface area contributed by atoms with Gasteiger partial charge in [-0.2, -0.15) is 0 Å². The van der Waals surface area contributed by atoms with Crippen LogP contribution >= 0.6 is 0 Å². The molecule has 1 atom stereocenters. The number of piperidine rings is 1. The number of hydrogen-bond donors (Lipinski definition) is 1. The molecule has 1 aliphatic heterocycles. The van der Waals surface area contributed by atoms with E-state index in [9.17, 15) is 4.79 Å². The highest BCUT2D eigenvalue weighted by molar-refractivity contribution is 5.93. The van der Waals surface area contributed by atoms with Gasteiger partial charge in [-0.25, -0.2) is 4.79 Å². The molecule has 1 unspecified atom stereocenters. The Balaban J connectivity index is 1.95. The van der Waals surface area contributed by atoms with Crippen molar-refractivity contribution >= 4 is 11.7 Å². The van der Waals surface area contributed by atoms with E-state index >= 15 is 0 Å². The average Bonchev–Trinajstić information content (AvgIpc) is 2.49. The summed E-state index contributed by atoms with van der Waals surface area (Å²) in [5.41, 5.74) is 6.62. The first-order valence-corrected chi connectivity index (χ1v) is 7.42. The van der Waals surface area contributed by atoms with Crippen molar-refractivity contribution in [2.24, 2.45) is 0 Å². The van der Waals surface area contributed by atoms with E-state index in [0.29, 0.717) is 29.6 Å². The van der Waals surface area contributed by atoms with Crippen LogP contribution in [0, 0.1) is 0 Å². The molecule has 0 radical (unpaired) electrons. The first-order chi connectivity index (χ1) is 10.1. The second-order valence-corrected chi connectivity index (χ2v) is 5.51. The molecule has 1 aromatic carbocycles. The summed E-state index contributed by atoms with van der Waals surface area (Å²) in [4.78, 5) is 14.1. The lowest BCUT2D eigenvalue weighted by Crippen LogP contribution is -2.37. The van der Waals surface area contributed by atoms with Crippen molar-refractivity contribution in [3.8, 4) is 5.75 Å². The summed E-state index contributed by atoms with van der Waals surface area (Å²) in [5, 5.41) is 0. The molecule has 21 heavy (non-hydrogen) atoms. The van der Waals surface area contributed by atoms with E-state index in [1.807, 2.05) is 0 Å². The fourth-order valence-electron chi connectivity index (χ4n) is 2.76. The zero-order chi connectivity index (χ0) is 15.2. The Morgan fingerprint density at radius 1 is 1.43 bits per heavy atom. The molecule has 2 N–H and O–H groups in total. The van der Waals surface area contributed by atoms with Crippen molar-refractivity contribution in [3.63, 3.8) is 0 Å². The van der Waals surface area contributed by atoms with E-state index in [0.717, 1.165) is 13.0 Å². The number of benzene rings is 1. The molecule has 1 fully saturated rings. The number of likely N-dealkylation sites (tertiary alicyclic amines) is 1. The van der Waals surface area contributed by atoms with Gasteiger partial charge in [0.15, 0.2) is 0 Å². The standard InChI is InChI=1S/C16H24N2O3/c1-18-9-4-3-5-13(18)8-10-21-15-7-6-12(17)11-14(15)16(19)20-2/h6-7,11,13H,3-5,8-10,17H2,1-2H3. The molecular formula is C16H24N2O3. The van der Waals surface area contributed by atoms with Gasteiger partial charge in [-0.15, -0.1) is 0 Å². The van der Waals surface area contributed by atoms with E-state index in [1.54, 1.807) is 18.2 Å². The first-order valence-electron chi connectivity index (χ1n) is 7.42. The SMILES string of the molecule is COC(=O)c1cc(N)ccc1OCCC1CCCCN1C. The van der Waals surface area contributed by atoms with Crippen LogP contribution < -0.4 is 10.5 Å². The molecule has 0 bridgehead atoms. The van der Waals surface area contributed by atoms with Gasteiger partial charge in [0.1, 0.15) is 11.3 Å². The van der Waals surface area contributed by atoms with Crippen LogP contribution in [0.3, 0.4) is 0 Å². The second-order valence-electron chi connectivity index (χ2n) is 5.51. The van der Waals surface area contributed by atoms with Gasteiger partial charge in [-0.05, 0) is 51.1 Å². The fourth-order valence-corrected chi connectivity index (χ4v) is 2.76. The predicted molar refractivity (Wildman–Crippen MR) is 82.6 cm³/mol. The molecular weight excluding hydrogens is 268 g/mol. The molecule has 0 amide bonds. The van der Waals surface area contributed by atoms with Crippen LogP contribution in [0.4, 0.5) is 5.69 Å². The van der Waals surface area contributed by atoms with Gasteiger partial charge in [0.25, 0.3) is 0 Å². The Hall–Kier alpha value is -1.75. The minimum absolute atomic E-state index is 0.384. The molecule has 0 spiro atoms. The van der Waals surface area contributed by atoms with Crippen molar-refractivity contribution in [2.75, 3.05) is 33.0 Å². The molecule has 0 saturated carbocycles. The van der Waals surface area contributed by atoms with Crippen molar-refractivity contribution in [3.05, 3.63) is 23.8 Å². The molecule has 5 nitrogen and oxygen atoms in total. The number of rotatable bonds is 5. The van der Waals surface area contributed by atoms with Crippen LogP contribution in [0.25, 0.3) is 0 Å². The molecule has 116 valence electrons. The Kier molecular flexibility index (Phi) is 5.44. The van der Waals surface area contributed by atoms with Gasteiger partial charge >= 0.3 is 5.97 Å². The molecule has 0 aromatic heterocycles.